The predicted octanol–water partition coefficient (Wildman–Crippen LogP) is 7.12. The fourth-order valence-electron chi connectivity index (χ4n) is 6.65. The molecule has 2 N–H and O–H groups in total. The number of hydrogen-bond acceptors (Lipinski definition) is 10. The van der Waals surface area contributed by atoms with Gasteiger partial charge in [0.1, 0.15) is 23.0 Å². The molecule has 0 spiro atoms. The molecular formula is C45H58N6O6. The number of amides is 2. The Labute approximate surface area is 346 Å². The first-order valence-corrected chi connectivity index (χ1v) is 19.6. The van der Waals surface area contributed by atoms with Crippen LogP contribution in [0, 0.1) is 0 Å². The largest absolute Gasteiger partial charge is 0.495 e. The third-order valence-electron chi connectivity index (χ3n) is 10.1. The quantitative estimate of drug-likeness (QED) is 0.101. The van der Waals surface area contributed by atoms with Crippen molar-refractivity contribution < 1.29 is 36.8 Å². The number of rotatable bonds is 18. The van der Waals surface area contributed by atoms with E-state index in [0.717, 1.165) is 95.8 Å². The molecule has 0 unspecified atom stereocenters. The predicted molar refractivity (Wildman–Crippen MR) is 228 cm³/mol. The van der Waals surface area contributed by atoms with Crippen LogP contribution >= 0.6 is 0 Å². The topological polar surface area (TPSA) is 108 Å². The lowest BCUT2D eigenvalue weighted by molar-refractivity contribution is 0.101. The highest BCUT2D eigenvalue weighted by Gasteiger charge is 2.20. The highest BCUT2D eigenvalue weighted by molar-refractivity contribution is 6.05. The summed E-state index contributed by atoms with van der Waals surface area (Å²) in [6.45, 7) is 7.33. The van der Waals surface area contributed by atoms with E-state index in [2.05, 4.69) is 44.3 Å². The minimum absolute atomic E-state index is 0.0637. The van der Waals surface area contributed by atoms with Gasteiger partial charge in [-0.3, -0.25) is 9.59 Å². The zero-order valence-electron chi connectivity index (χ0n) is 39.5. The molecule has 4 aromatic carbocycles. The number of unbranched alkanes of at least 4 members (excludes halogenated alkanes) is 4. The van der Waals surface area contributed by atoms with Crippen LogP contribution in [0.4, 0.5) is 22.7 Å². The molecule has 0 aliphatic carbocycles. The fourth-order valence-corrected chi connectivity index (χ4v) is 6.65. The molecule has 12 heteroatoms. The van der Waals surface area contributed by atoms with Crippen molar-refractivity contribution in [3.05, 3.63) is 95.9 Å². The maximum Gasteiger partial charge on any atom is 0.255 e. The third-order valence-corrected chi connectivity index (χ3v) is 10.1. The summed E-state index contributed by atoms with van der Waals surface area (Å²) in [5.74, 6) is 0.467. The van der Waals surface area contributed by atoms with E-state index in [0.29, 0.717) is 36.2 Å². The zero-order valence-corrected chi connectivity index (χ0v) is 33.5. The van der Waals surface area contributed by atoms with Crippen molar-refractivity contribution in [2.75, 3.05) is 114 Å². The molecule has 0 aromatic heterocycles. The van der Waals surface area contributed by atoms with Gasteiger partial charge in [0, 0.05) is 74.9 Å². The van der Waals surface area contributed by atoms with E-state index in [9.17, 15) is 9.59 Å². The number of ether oxygens (including phenoxy) is 4. The van der Waals surface area contributed by atoms with Gasteiger partial charge in [-0.2, -0.15) is 0 Å². The van der Waals surface area contributed by atoms with E-state index in [-0.39, 0.29) is 58.8 Å². The second kappa shape index (κ2) is 20.6. The molecule has 0 radical (unpaired) electrons. The van der Waals surface area contributed by atoms with Crippen molar-refractivity contribution in [3.63, 3.8) is 0 Å². The SMILES string of the molecule is [3H]c1cc(OC)c(N2CCN(C)CC2)cc1NC(=O)c1c([3H])cc(OCCCCCCCOc2cc([3H])c(C(=O)Nc3cc(N4CCN(C)CC4)c(OC)cc3[3H])c([3H])c2)cc1[3H]. The van der Waals surface area contributed by atoms with Crippen LogP contribution in [0.25, 0.3) is 0 Å². The molecule has 6 rings (SSSR count). The van der Waals surface area contributed by atoms with Crippen molar-refractivity contribution in [2.45, 2.75) is 32.1 Å². The second-order valence-corrected chi connectivity index (χ2v) is 14.3. The van der Waals surface area contributed by atoms with E-state index >= 15 is 0 Å². The maximum absolute atomic E-state index is 13.3. The number of benzene rings is 4. The molecule has 2 heterocycles. The van der Waals surface area contributed by atoms with E-state index in [4.69, 9.17) is 27.2 Å². The lowest BCUT2D eigenvalue weighted by atomic mass is 10.1. The summed E-state index contributed by atoms with van der Waals surface area (Å²) in [5.41, 5.74) is 1.87. The number of anilines is 4. The van der Waals surface area contributed by atoms with Crippen molar-refractivity contribution in [1.82, 2.24) is 9.80 Å². The van der Waals surface area contributed by atoms with Gasteiger partial charge in [-0.15, -0.1) is 0 Å². The second-order valence-electron chi connectivity index (χ2n) is 14.3. The molecule has 2 fully saturated rings. The first-order chi connectivity index (χ1) is 30.3. The van der Waals surface area contributed by atoms with Gasteiger partial charge in [-0.05, 0) is 112 Å². The first-order valence-electron chi connectivity index (χ1n) is 22.6. The van der Waals surface area contributed by atoms with Crippen LogP contribution in [-0.4, -0.2) is 116 Å². The lowest BCUT2D eigenvalue weighted by Gasteiger charge is -2.34. The van der Waals surface area contributed by atoms with Gasteiger partial charge in [-0.1, -0.05) is 19.3 Å². The van der Waals surface area contributed by atoms with E-state index in [1.807, 2.05) is 0 Å². The van der Waals surface area contributed by atoms with Crippen LogP contribution in [0.5, 0.6) is 23.0 Å². The summed E-state index contributed by atoms with van der Waals surface area (Å²) in [5, 5.41) is 5.48. The summed E-state index contributed by atoms with van der Waals surface area (Å²) in [6.07, 6.45) is 4.14. The van der Waals surface area contributed by atoms with Gasteiger partial charge in [0.2, 0.25) is 0 Å². The van der Waals surface area contributed by atoms with Crippen LogP contribution in [0.1, 0.15) is 61.0 Å². The maximum atomic E-state index is 13.3. The van der Waals surface area contributed by atoms with Crippen molar-refractivity contribution in [1.29, 1.82) is 0 Å². The molecule has 2 saturated heterocycles. The molecule has 0 atom stereocenters. The minimum Gasteiger partial charge on any atom is -0.495 e. The number of nitrogens with one attached hydrogen (secondary N) is 2. The van der Waals surface area contributed by atoms with Gasteiger partial charge in [-0.25, -0.2) is 0 Å². The molecule has 0 bridgehead atoms. The van der Waals surface area contributed by atoms with Crippen molar-refractivity contribution in [2.24, 2.45) is 0 Å². The molecular weight excluding hydrogens is 721 g/mol. The Balaban J connectivity index is 0.921. The van der Waals surface area contributed by atoms with Crippen LogP contribution in [0.15, 0.2) is 84.8 Å². The normalized spacial score (nSPS) is 16.4. The number of carbonyl (C=O) groups is 2. The molecule has 4 aromatic rings. The lowest BCUT2D eigenvalue weighted by Crippen LogP contribution is -2.44. The molecule has 2 aliphatic rings. The Hall–Kier alpha value is -5.46. The van der Waals surface area contributed by atoms with Gasteiger partial charge < -0.3 is 49.2 Å². The van der Waals surface area contributed by atoms with E-state index < -0.39 is 11.8 Å². The Morgan fingerprint density at radius 2 is 0.930 bits per heavy atom. The summed E-state index contributed by atoms with van der Waals surface area (Å²) >= 11 is 0. The summed E-state index contributed by atoms with van der Waals surface area (Å²) in [7, 11) is 7.23. The molecule has 12 nitrogen and oxygen atoms in total. The zero-order chi connectivity index (χ0) is 45.2. The van der Waals surface area contributed by atoms with Gasteiger partial charge in [0.15, 0.2) is 0 Å². The Morgan fingerprint density at radius 3 is 1.30 bits per heavy atom. The van der Waals surface area contributed by atoms with Crippen LogP contribution in [0.2, 0.25) is 0 Å². The summed E-state index contributed by atoms with van der Waals surface area (Å²) in [6, 6.07) is 11.8. The Kier molecular flexibility index (Phi) is 12.2. The average Bonchev–Trinajstić information content (AvgIpc) is 3.24. The number of hydrogen-bond donors (Lipinski definition) is 2. The highest BCUT2D eigenvalue weighted by Crippen LogP contribution is 2.33. The standard InChI is InChI=1S/C45H58N6O6/c1-48-22-26-50(27-23-48)40-32-36(14-20-42(40)54-3)46-44(52)34-10-16-38(17-11-34)56-30-8-6-5-7-9-31-57-39-18-12-35(13-19-39)45(53)47-37-15-21-43(55-4)41(33-37)51-28-24-49(2)25-29-51/h10-21,32-33H,5-9,22-31H2,1-4H3,(H,46,52)(H,47,53)/i10T,11T,12T,13T,14T,15T. The summed E-state index contributed by atoms with van der Waals surface area (Å²) < 4.78 is 73.8. The fraction of sp³-hybridized carbons (Fsp3) is 0.422. The van der Waals surface area contributed by atoms with Gasteiger partial charge >= 0.3 is 0 Å². The smallest absolute Gasteiger partial charge is 0.255 e. The van der Waals surface area contributed by atoms with Crippen molar-refractivity contribution >= 4 is 34.6 Å². The van der Waals surface area contributed by atoms with Gasteiger partial charge in [0.25, 0.3) is 11.8 Å². The third kappa shape index (κ3) is 11.8. The monoisotopic (exact) mass is 790 g/mol. The Morgan fingerprint density at radius 1 is 0.561 bits per heavy atom. The Bertz CT molecular complexity index is 2050. The molecule has 0 saturated carbocycles. The van der Waals surface area contributed by atoms with Crippen LogP contribution < -0.4 is 39.4 Å². The van der Waals surface area contributed by atoms with Crippen LogP contribution in [0.3, 0.4) is 0 Å². The molecule has 57 heavy (non-hydrogen) atoms. The van der Waals surface area contributed by atoms with Crippen LogP contribution in [-0.2, 0) is 0 Å². The number of carbonyl (C=O) groups excluding carboxylic acids is 2. The highest BCUT2D eigenvalue weighted by atomic mass is 16.5. The molecule has 2 aliphatic heterocycles. The number of likely N-dealkylation sites (N-methyl/N-ethyl adjacent to an activating group) is 2. The summed E-state index contributed by atoms with van der Waals surface area (Å²) in [4.78, 5) is 35.4. The number of piperazine rings is 2. The molecule has 304 valence electrons. The number of nitrogens with zero attached hydrogens (tertiary/aromatic N) is 4. The van der Waals surface area contributed by atoms with E-state index in [1.165, 1.54) is 24.3 Å². The van der Waals surface area contributed by atoms with Crippen molar-refractivity contribution in [3.8, 4) is 23.0 Å². The minimum atomic E-state index is -0.645. The first kappa shape index (κ1) is 33.7. The van der Waals surface area contributed by atoms with Gasteiger partial charge in [0.05, 0.1) is 47.0 Å². The average molecular weight is 791 g/mol. The number of methoxy groups -OCH3 is 2. The molecule has 2 amide bonds. The van der Waals surface area contributed by atoms with E-state index in [1.54, 1.807) is 38.5 Å².